The maximum Gasteiger partial charge on any atom is 0.152 e. The summed E-state index contributed by atoms with van der Waals surface area (Å²) in [6.07, 6.45) is 3.59. The van der Waals surface area contributed by atoms with Crippen molar-refractivity contribution in [1.29, 1.82) is 0 Å². The molecule has 0 saturated carbocycles. The number of fused-ring (bicyclic) bond motifs is 1. The first-order valence-corrected chi connectivity index (χ1v) is 6.84. The molecule has 0 aliphatic rings. The van der Waals surface area contributed by atoms with E-state index in [2.05, 4.69) is 22.3 Å². The van der Waals surface area contributed by atoms with Crippen molar-refractivity contribution in [2.45, 2.75) is 19.9 Å². The van der Waals surface area contributed by atoms with Crippen LogP contribution >= 0.6 is 11.6 Å². The molecule has 4 nitrogen and oxygen atoms in total. The summed E-state index contributed by atoms with van der Waals surface area (Å²) >= 11 is 6.03. The second-order valence-corrected chi connectivity index (χ2v) is 5.25. The molecule has 0 fully saturated rings. The lowest BCUT2D eigenvalue weighted by atomic mass is 10.1. The third-order valence-electron chi connectivity index (χ3n) is 3.21. The molecule has 102 valence electrons. The highest BCUT2D eigenvalue weighted by atomic mass is 35.5. The minimum Gasteiger partial charge on any atom is -0.362 e. The SMILES string of the molecule is Cc1cc2c(NC(C)c3cccc(Cl)c3)nccn2n1. The van der Waals surface area contributed by atoms with Crippen molar-refractivity contribution in [3.05, 3.63) is 59.0 Å². The molecule has 3 rings (SSSR count). The Hall–Kier alpha value is -2.07. The number of anilines is 1. The van der Waals surface area contributed by atoms with Gasteiger partial charge in [-0.15, -0.1) is 0 Å². The number of aromatic nitrogens is 3. The molecule has 20 heavy (non-hydrogen) atoms. The molecule has 1 aromatic carbocycles. The van der Waals surface area contributed by atoms with Gasteiger partial charge in [0.2, 0.25) is 0 Å². The number of hydrogen-bond donors (Lipinski definition) is 1. The second kappa shape index (κ2) is 5.13. The molecule has 2 aromatic heterocycles. The zero-order chi connectivity index (χ0) is 14.1. The lowest BCUT2D eigenvalue weighted by Crippen LogP contribution is -2.09. The van der Waals surface area contributed by atoms with E-state index in [1.54, 1.807) is 6.20 Å². The summed E-state index contributed by atoms with van der Waals surface area (Å²) < 4.78 is 1.83. The number of nitrogens with zero attached hydrogens (tertiary/aromatic N) is 3. The number of rotatable bonds is 3. The van der Waals surface area contributed by atoms with E-state index in [1.165, 1.54) is 0 Å². The molecule has 5 heteroatoms. The van der Waals surface area contributed by atoms with Crippen molar-refractivity contribution in [1.82, 2.24) is 14.6 Å². The van der Waals surface area contributed by atoms with Crippen LogP contribution in [0.1, 0.15) is 24.2 Å². The molecule has 1 unspecified atom stereocenters. The van der Waals surface area contributed by atoms with E-state index >= 15 is 0 Å². The van der Waals surface area contributed by atoms with Crippen LogP contribution in [-0.2, 0) is 0 Å². The molecular formula is C15H15ClN4. The largest absolute Gasteiger partial charge is 0.362 e. The van der Waals surface area contributed by atoms with Gasteiger partial charge in [0.15, 0.2) is 5.82 Å². The van der Waals surface area contributed by atoms with Crippen LogP contribution in [0.3, 0.4) is 0 Å². The van der Waals surface area contributed by atoms with Gasteiger partial charge in [-0.3, -0.25) is 0 Å². The predicted molar refractivity (Wildman–Crippen MR) is 81.2 cm³/mol. The zero-order valence-corrected chi connectivity index (χ0v) is 12.1. The smallest absolute Gasteiger partial charge is 0.152 e. The summed E-state index contributed by atoms with van der Waals surface area (Å²) in [7, 11) is 0. The van der Waals surface area contributed by atoms with Crippen LogP contribution in [0.5, 0.6) is 0 Å². The van der Waals surface area contributed by atoms with E-state index in [0.29, 0.717) is 0 Å². The Morgan fingerprint density at radius 2 is 2.15 bits per heavy atom. The van der Waals surface area contributed by atoms with Crippen LogP contribution in [0.2, 0.25) is 5.02 Å². The average Bonchev–Trinajstić information content (AvgIpc) is 2.80. The normalized spacial score (nSPS) is 12.6. The number of hydrogen-bond acceptors (Lipinski definition) is 3. The van der Waals surface area contributed by atoms with Gasteiger partial charge in [-0.1, -0.05) is 23.7 Å². The van der Waals surface area contributed by atoms with Gasteiger partial charge >= 0.3 is 0 Å². The van der Waals surface area contributed by atoms with E-state index in [-0.39, 0.29) is 6.04 Å². The van der Waals surface area contributed by atoms with E-state index < -0.39 is 0 Å². The van der Waals surface area contributed by atoms with Gasteiger partial charge in [-0.2, -0.15) is 5.10 Å². The predicted octanol–water partition coefficient (Wildman–Crippen LogP) is 3.86. The van der Waals surface area contributed by atoms with Crippen LogP contribution in [0, 0.1) is 6.92 Å². The molecule has 1 N–H and O–H groups in total. The summed E-state index contributed by atoms with van der Waals surface area (Å²) in [5.41, 5.74) is 3.06. The third kappa shape index (κ3) is 2.47. The Balaban J connectivity index is 1.93. The number of benzene rings is 1. The molecule has 0 saturated heterocycles. The van der Waals surface area contributed by atoms with Crippen molar-refractivity contribution in [3.63, 3.8) is 0 Å². The Bertz CT molecular complexity index is 750. The van der Waals surface area contributed by atoms with E-state index in [0.717, 1.165) is 27.6 Å². The van der Waals surface area contributed by atoms with Crippen LogP contribution < -0.4 is 5.32 Å². The minimum absolute atomic E-state index is 0.114. The first-order chi connectivity index (χ1) is 9.63. The van der Waals surface area contributed by atoms with Crippen LogP contribution in [-0.4, -0.2) is 14.6 Å². The summed E-state index contributed by atoms with van der Waals surface area (Å²) in [5.74, 6) is 0.820. The molecular weight excluding hydrogens is 272 g/mol. The minimum atomic E-state index is 0.114. The van der Waals surface area contributed by atoms with Gasteiger partial charge in [-0.05, 0) is 37.6 Å². The fraction of sp³-hybridized carbons (Fsp3) is 0.200. The highest BCUT2D eigenvalue weighted by Gasteiger charge is 2.10. The monoisotopic (exact) mass is 286 g/mol. The fourth-order valence-electron chi connectivity index (χ4n) is 2.22. The van der Waals surface area contributed by atoms with E-state index in [9.17, 15) is 0 Å². The maximum absolute atomic E-state index is 6.03. The first-order valence-electron chi connectivity index (χ1n) is 6.46. The van der Waals surface area contributed by atoms with Crippen molar-refractivity contribution in [2.75, 3.05) is 5.32 Å². The molecule has 0 radical (unpaired) electrons. The Labute approximate surface area is 122 Å². The van der Waals surface area contributed by atoms with Crippen molar-refractivity contribution >= 4 is 22.9 Å². The third-order valence-corrected chi connectivity index (χ3v) is 3.45. The van der Waals surface area contributed by atoms with Crippen LogP contribution in [0.15, 0.2) is 42.7 Å². The molecule has 3 aromatic rings. The summed E-state index contributed by atoms with van der Waals surface area (Å²) in [6, 6.07) is 9.96. The highest BCUT2D eigenvalue weighted by molar-refractivity contribution is 6.30. The van der Waals surface area contributed by atoms with Crippen molar-refractivity contribution < 1.29 is 0 Å². The van der Waals surface area contributed by atoms with Crippen molar-refractivity contribution in [3.8, 4) is 0 Å². The number of aryl methyl sites for hydroxylation is 1. The molecule has 0 spiro atoms. The number of halogens is 1. The summed E-state index contributed by atoms with van der Waals surface area (Å²) in [4.78, 5) is 4.40. The van der Waals surface area contributed by atoms with E-state index in [4.69, 9.17) is 11.6 Å². The highest BCUT2D eigenvalue weighted by Crippen LogP contribution is 2.23. The lowest BCUT2D eigenvalue weighted by Gasteiger charge is -2.15. The molecule has 0 aliphatic heterocycles. The van der Waals surface area contributed by atoms with Gasteiger partial charge in [0, 0.05) is 17.4 Å². The topological polar surface area (TPSA) is 42.2 Å². The molecule has 0 amide bonds. The first kappa shape index (κ1) is 12.9. The Morgan fingerprint density at radius 3 is 2.95 bits per heavy atom. The zero-order valence-electron chi connectivity index (χ0n) is 11.3. The van der Waals surface area contributed by atoms with Gasteiger partial charge in [0.1, 0.15) is 5.52 Å². The quantitative estimate of drug-likeness (QED) is 0.795. The van der Waals surface area contributed by atoms with Gasteiger partial charge in [-0.25, -0.2) is 9.50 Å². The molecule has 2 heterocycles. The van der Waals surface area contributed by atoms with Gasteiger partial charge in [0.05, 0.1) is 11.7 Å². The molecule has 1 atom stereocenters. The summed E-state index contributed by atoms with van der Waals surface area (Å²) in [5, 5.41) is 8.53. The standard InChI is InChI=1S/C15H15ClN4/c1-10-8-14-15(17-6-7-20(14)19-10)18-11(2)12-4-3-5-13(16)9-12/h3-9,11H,1-2H3,(H,17,18). The second-order valence-electron chi connectivity index (χ2n) is 4.81. The lowest BCUT2D eigenvalue weighted by molar-refractivity contribution is 0.864. The Kier molecular flexibility index (Phi) is 3.32. The maximum atomic E-state index is 6.03. The van der Waals surface area contributed by atoms with E-state index in [1.807, 2.05) is 48.0 Å². The summed E-state index contributed by atoms with van der Waals surface area (Å²) in [6.45, 7) is 4.05. The Morgan fingerprint density at radius 1 is 1.30 bits per heavy atom. The van der Waals surface area contributed by atoms with Gasteiger partial charge in [0.25, 0.3) is 0 Å². The molecule has 0 aliphatic carbocycles. The average molecular weight is 287 g/mol. The fourth-order valence-corrected chi connectivity index (χ4v) is 2.42. The van der Waals surface area contributed by atoms with Crippen LogP contribution in [0.25, 0.3) is 5.52 Å². The molecule has 0 bridgehead atoms. The number of nitrogens with one attached hydrogen (secondary N) is 1. The van der Waals surface area contributed by atoms with Gasteiger partial charge < -0.3 is 5.32 Å². The van der Waals surface area contributed by atoms with Crippen LogP contribution in [0.4, 0.5) is 5.82 Å². The van der Waals surface area contributed by atoms with Crippen molar-refractivity contribution in [2.24, 2.45) is 0 Å².